The predicted molar refractivity (Wildman–Crippen MR) is 267 cm³/mol. The highest BCUT2D eigenvalue weighted by molar-refractivity contribution is 6.38. The van der Waals surface area contributed by atoms with Gasteiger partial charge in [-0.2, -0.15) is 0 Å². The number of amides is 7. The van der Waals surface area contributed by atoms with Crippen molar-refractivity contribution in [1.82, 2.24) is 36.8 Å². The number of aliphatic carboxylic acids is 1. The number of esters is 2. The molecule has 2 aliphatic rings. The topological polar surface area (TPSA) is 302 Å². The summed E-state index contributed by atoms with van der Waals surface area (Å²) in [4.78, 5) is 149. The molecule has 7 atom stereocenters. The largest absolute Gasteiger partial charge is 0.480 e. The lowest BCUT2D eigenvalue weighted by Gasteiger charge is -2.38. The fraction of sp³-hybridized carbons (Fsp3) is 0.673. The number of nitrogens with zero attached hydrogens (tertiary/aromatic N) is 1. The summed E-state index contributed by atoms with van der Waals surface area (Å²) in [6, 6.07) is 0.606. The molecule has 0 radical (unpaired) electrons. The minimum atomic E-state index is -1.47. The minimum Gasteiger partial charge on any atom is -0.480 e. The predicted octanol–water partition coefficient (Wildman–Crippen LogP) is 3.21. The molecule has 21 heteroatoms. The lowest BCUT2D eigenvalue weighted by atomic mass is 9.82. The average molecular weight is 1030 g/mol. The van der Waals surface area contributed by atoms with E-state index in [0.717, 1.165) is 19.3 Å². The van der Waals surface area contributed by atoms with E-state index in [1.165, 1.54) is 11.8 Å². The number of hydrogen-bond donors (Lipinski definition) is 7. The maximum Gasteiger partial charge on any atom is 0.322 e. The van der Waals surface area contributed by atoms with Gasteiger partial charge < -0.3 is 51.4 Å². The molecule has 73 heavy (non-hydrogen) atoms. The van der Waals surface area contributed by atoms with Gasteiger partial charge in [-0.3, -0.25) is 52.7 Å². The number of likely N-dealkylation sites (tertiary alicyclic amines) is 1. The Morgan fingerprint density at radius 1 is 0.671 bits per heavy atom. The first-order valence-electron chi connectivity index (χ1n) is 25.5. The number of carboxylic acid groups (broad SMARTS) is 1. The van der Waals surface area contributed by atoms with E-state index in [9.17, 15) is 47.9 Å². The second-order valence-electron chi connectivity index (χ2n) is 21.2. The number of carbonyl (C=O) groups is 11. The molecule has 5 unspecified atom stereocenters. The van der Waals surface area contributed by atoms with Crippen molar-refractivity contribution in [3.05, 3.63) is 35.9 Å². The van der Waals surface area contributed by atoms with Crippen molar-refractivity contribution in [3.8, 4) is 0 Å². The summed E-state index contributed by atoms with van der Waals surface area (Å²) in [6.07, 6.45) is 3.32. The first-order chi connectivity index (χ1) is 34.1. The van der Waals surface area contributed by atoms with Crippen LogP contribution in [0, 0.1) is 11.8 Å². The molecule has 1 aromatic carbocycles. The molecule has 21 nitrogen and oxygen atoms in total. The highest BCUT2D eigenvalue weighted by Crippen LogP contribution is 2.39. The smallest absolute Gasteiger partial charge is 0.322 e. The minimum absolute atomic E-state index is 0.0481. The van der Waals surface area contributed by atoms with Crippen LogP contribution in [-0.4, -0.2) is 129 Å². The molecule has 7 amide bonds. The SMILES string of the molecule is CCCC(NC(=O)[C@@H]1CC[C@H](c2ccccc2)N1C(=O)C(NC(=O)C(NC(=O)C(CCC(=O)OC(C)(C)C)NC(=O)C(CCC(=O)OC(C)(C)C)NC(C)=O)C(C)C)C1CCCCC1)C(=O)C(=O)NCC(=O)O. The van der Waals surface area contributed by atoms with Crippen LogP contribution in [0.15, 0.2) is 30.3 Å². The molecule has 1 aliphatic heterocycles. The zero-order chi connectivity index (χ0) is 54.8. The lowest BCUT2D eigenvalue weighted by molar-refractivity contribution is -0.156. The van der Waals surface area contributed by atoms with E-state index in [0.29, 0.717) is 31.2 Å². The van der Waals surface area contributed by atoms with Gasteiger partial charge in [0, 0.05) is 19.8 Å². The molecule has 406 valence electrons. The molecular weight excluding hydrogens is 947 g/mol. The van der Waals surface area contributed by atoms with Crippen LogP contribution in [0.5, 0.6) is 0 Å². The van der Waals surface area contributed by atoms with Crippen molar-refractivity contribution >= 4 is 65.0 Å². The number of carbonyl (C=O) groups excluding carboxylic acids is 10. The maximum atomic E-state index is 15.4. The second kappa shape index (κ2) is 28.2. The normalized spacial score (nSPS) is 18.2. The van der Waals surface area contributed by atoms with Gasteiger partial charge in [-0.25, -0.2) is 0 Å². The number of ketones is 1. The van der Waals surface area contributed by atoms with Crippen LogP contribution >= 0.6 is 0 Å². The van der Waals surface area contributed by atoms with E-state index in [-0.39, 0.29) is 38.5 Å². The van der Waals surface area contributed by atoms with Crippen LogP contribution in [-0.2, 0) is 62.2 Å². The molecule has 7 N–H and O–H groups in total. The van der Waals surface area contributed by atoms with E-state index in [1.807, 2.05) is 17.4 Å². The molecular formula is C52H79N7O14. The van der Waals surface area contributed by atoms with Gasteiger partial charge in [-0.1, -0.05) is 76.8 Å². The number of carboxylic acids is 1. The number of rotatable bonds is 25. The first kappa shape index (κ1) is 60.9. The summed E-state index contributed by atoms with van der Waals surface area (Å²) in [5.41, 5.74) is -0.973. The monoisotopic (exact) mass is 1030 g/mol. The number of ether oxygens (including phenoxy) is 2. The van der Waals surface area contributed by atoms with Crippen molar-refractivity contribution in [3.63, 3.8) is 0 Å². The Morgan fingerprint density at radius 2 is 1.22 bits per heavy atom. The van der Waals surface area contributed by atoms with E-state index in [1.54, 1.807) is 80.5 Å². The summed E-state index contributed by atoms with van der Waals surface area (Å²) < 4.78 is 10.8. The molecule has 0 spiro atoms. The van der Waals surface area contributed by atoms with Gasteiger partial charge in [0.25, 0.3) is 5.91 Å². The van der Waals surface area contributed by atoms with Gasteiger partial charge in [0.05, 0.1) is 12.1 Å². The Labute approximate surface area is 428 Å². The lowest BCUT2D eigenvalue weighted by Crippen LogP contribution is -2.62. The molecule has 0 bridgehead atoms. The number of nitrogens with one attached hydrogen (secondary N) is 6. The van der Waals surface area contributed by atoms with E-state index >= 15 is 4.79 Å². The van der Waals surface area contributed by atoms with Gasteiger partial charge in [-0.15, -0.1) is 0 Å². The quantitative estimate of drug-likeness (QED) is 0.0547. The molecule has 1 saturated carbocycles. The molecule has 0 aromatic heterocycles. The van der Waals surface area contributed by atoms with Gasteiger partial charge in [0.2, 0.25) is 41.2 Å². The Morgan fingerprint density at radius 3 is 1.73 bits per heavy atom. The van der Waals surface area contributed by atoms with Crippen molar-refractivity contribution < 1.29 is 67.3 Å². The van der Waals surface area contributed by atoms with E-state index in [4.69, 9.17) is 14.6 Å². The Hall–Kier alpha value is -6.41. The maximum absolute atomic E-state index is 15.4. The van der Waals surface area contributed by atoms with Gasteiger partial charge in [0.15, 0.2) is 0 Å². The summed E-state index contributed by atoms with van der Waals surface area (Å²) in [7, 11) is 0. The van der Waals surface area contributed by atoms with Crippen LogP contribution in [0.25, 0.3) is 0 Å². The third-order valence-electron chi connectivity index (χ3n) is 12.3. The zero-order valence-electron chi connectivity index (χ0n) is 44.2. The third kappa shape index (κ3) is 20.2. The molecule has 3 rings (SSSR count). The highest BCUT2D eigenvalue weighted by Gasteiger charge is 2.47. The second-order valence-corrected chi connectivity index (χ2v) is 21.2. The summed E-state index contributed by atoms with van der Waals surface area (Å²) in [5.74, 6) is -10.2. The van der Waals surface area contributed by atoms with Crippen molar-refractivity contribution in [1.29, 1.82) is 0 Å². The highest BCUT2D eigenvalue weighted by atomic mass is 16.6. The van der Waals surface area contributed by atoms with Crippen molar-refractivity contribution in [2.24, 2.45) is 11.8 Å². The third-order valence-corrected chi connectivity index (χ3v) is 12.3. The molecule has 2 fully saturated rings. The fourth-order valence-electron chi connectivity index (χ4n) is 9.01. The Balaban J connectivity index is 2.01. The molecule has 1 saturated heterocycles. The van der Waals surface area contributed by atoms with Crippen LogP contribution in [0.1, 0.15) is 164 Å². The molecule has 1 aromatic rings. The molecule has 1 heterocycles. The van der Waals surface area contributed by atoms with Gasteiger partial charge in [-0.05, 0) is 104 Å². The van der Waals surface area contributed by atoms with Gasteiger partial charge >= 0.3 is 17.9 Å². The zero-order valence-corrected chi connectivity index (χ0v) is 44.2. The number of benzene rings is 1. The van der Waals surface area contributed by atoms with E-state index in [2.05, 4.69) is 26.6 Å². The van der Waals surface area contributed by atoms with Crippen LogP contribution in [0.2, 0.25) is 0 Å². The van der Waals surface area contributed by atoms with Crippen LogP contribution in [0.3, 0.4) is 0 Å². The molecule has 1 aliphatic carbocycles. The first-order valence-corrected chi connectivity index (χ1v) is 25.5. The van der Waals surface area contributed by atoms with Crippen molar-refractivity contribution in [2.75, 3.05) is 6.54 Å². The Kier molecular flexibility index (Phi) is 23.5. The van der Waals surface area contributed by atoms with E-state index < -0.39 is 137 Å². The van der Waals surface area contributed by atoms with Crippen molar-refractivity contribution in [2.45, 2.75) is 206 Å². The number of hydrogen-bond acceptors (Lipinski definition) is 13. The fourth-order valence-corrected chi connectivity index (χ4v) is 9.01. The summed E-state index contributed by atoms with van der Waals surface area (Å²) in [6.45, 7) is 15.5. The Bertz CT molecular complexity index is 2130. The summed E-state index contributed by atoms with van der Waals surface area (Å²) >= 11 is 0. The standard InChI is InChI=1S/C52H79N7O14/c1-11-18-34(44(65)49(70)53-29-39(61)62)55-47(68)38-26-25-37(32-19-14-12-15-20-32)59(38)50(71)43(33-21-16-13-17-22-33)58-48(69)42(30(2)3)57-46(67)36(24-28-41(64)73-52(8,9)10)56-45(66)35(54-31(4)60)23-27-40(63)72-51(5,6)7/h12,14-15,19-20,30,33-38,42-43H,11,13,16-18,21-29H2,1-10H3,(H,53,70)(H,54,60)(H,55,68)(H,56,66)(H,57,67)(H,58,69)(H,61,62)/t34?,35?,36?,37-,38+,42?,43?/m1/s1. The van der Waals surface area contributed by atoms with Gasteiger partial charge in [0.1, 0.15) is 48.0 Å². The van der Waals surface area contributed by atoms with Crippen LogP contribution in [0.4, 0.5) is 0 Å². The summed E-state index contributed by atoms with van der Waals surface area (Å²) in [5, 5.41) is 24.5. The van der Waals surface area contributed by atoms with Crippen LogP contribution < -0.4 is 31.9 Å². The number of Topliss-reactive ketones (excluding diaryl/α,β-unsaturated/α-hetero) is 1. The average Bonchev–Trinajstić information content (AvgIpc) is 3.76.